The monoisotopic (exact) mass is 229 g/mol. The van der Waals surface area contributed by atoms with Crippen molar-refractivity contribution in [1.82, 2.24) is 0 Å². The van der Waals surface area contributed by atoms with E-state index in [2.05, 4.69) is 0 Å². The molecule has 0 unspecified atom stereocenters. The lowest BCUT2D eigenvalue weighted by molar-refractivity contribution is -0.384. The first-order valence-corrected chi connectivity index (χ1v) is 5.12. The minimum atomic E-state index is -0.420. The van der Waals surface area contributed by atoms with Crippen LogP contribution in [0.2, 0.25) is 0 Å². The van der Waals surface area contributed by atoms with Crippen molar-refractivity contribution in [2.24, 2.45) is 0 Å². The average molecular weight is 229 g/mol. The van der Waals surface area contributed by atoms with E-state index in [1.807, 2.05) is 0 Å². The van der Waals surface area contributed by atoms with Gasteiger partial charge in [-0.25, -0.2) is 0 Å². The molecule has 0 aliphatic carbocycles. The summed E-state index contributed by atoms with van der Waals surface area (Å²) in [6.07, 6.45) is 0. The maximum atomic E-state index is 10.7. The van der Waals surface area contributed by atoms with E-state index in [4.69, 9.17) is 0 Å². The number of aryl methyl sites for hydroxylation is 1. The third kappa shape index (κ3) is 2.25. The Balaban J connectivity index is 2.49. The molecule has 1 N–H and O–H groups in total. The van der Waals surface area contributed by atoms with Crippen molar-refractivity contribution in [2.75, 3.05) is 0 Å². The number of phenols is 1. The van der Waals surface area contributed by atoms with Gasteiger partial charge in [0.15, 0.2) is 0 Å². The van der Waals surface area contributed by atoms with Gasteiger partial charge in [-0.05, 0) is 35.7 Å². The standard InChI is InChI=1S/C13H11NO3/c1-9-7-11(5-6-13(9)15)10-3-2-4-12(8-10)14(16)17/h2-8,15H,1H3. The van der Waals surface area contributed by atoms with Crippen LogP contribution in [0.4, 0.5) is 5.69 Å². The van der Waals surface area contributed by atoms with E-state index in [1.54, 1.807) is 37.3 Å². The molecule has 2 rings (SSSR count). The Kier molecular flexibility index (Phi) is 2.78. The fourth-order valence-corrected chi connectivity index (χ4v) is 1.63. The summed E-state index contributed by atoms with van der Waals surface area (Å²) in [5.41, 5.74) is 2.42. The Hall–Kier alpha value is -2.36. The van der Waals surface area contributed by atoms with Crippen LogP contribution in [0.15, 0.2) is 42.5 Å². The summed E-state index contributed by atoms with van der Waals surface area (Å²) in [5.74, 6) is 0.221. The maximum absolute atomic E-state index is 10.7. The molecule has 0 bridgehead atoms. The van der Waals surface area contributed by atoms with E-state index in [1.165, 1.54) is 12.1 Å². The molecule has 0 amide bonds. The molecule has 0 saturated carbocycles. The number of non-ortho nitro benzene ring substituents is 1. The number of benzene rings is 2. The van der Waals surface area contributed by atoms with Gasteiger partial charge in [0.05, 0.1) is 4.92 Å². The molecule has 86 valence electrons. The molecule has 0 atom stereocenters. The number of hydrogen-bond acceptors (Lipinski definition) is 3. The van der Waals surface area contributed by atoms with Gasteiger partial charge in [-0.3, -0.25) is 10.1 Å². The van der Waals surface area contributed by atoms with Crippen molar-refractivity contribution in [2.45, 2.75) is 6.92 Å². The number of nitrogens with zero attached hydrogens (tertiary/aromatic N) is 1. The van der Waals surface area contributed by atoms with Gasteiger partial charge >= 0.3 is 0 Å². The summed E-state index contributed by atoms with van der Waals surface area (Å²) >= 11 is 0. The Morgan fingerprint density at radius 2 is 1.82 bits per heavy atom. The Morgan fingerprint density at radius 1 is 1.12 bits per heavy atom. The predicted octanol–water partition coefficient (Wildman–Crippen LogP) is 3.28. The zero-order valence-corrected chi connectivity index (χ0v) is 9.25. The summed E-state index contributed by atoms with van der Waals surface area (Å²) in [5, 5.41) is 20.1. The van der Waals surface area contributed by atoms with Crippen LogP contribution in [-0.2, 0) is 0 Å². The lowest BCUT2D eigenvalue weighted by Gasteiger charge is -2.04. The van der Waals surface area contributed by atoms with Gasteiger partial charge in [-0.1, -0.05) is 18.2 Å². The third-order valence-corrected chi connectivity index (χ3v) is 2.59. The Morgan fingerprint density at radius 3 is 2.47 bits per heavy atom. The summed E-state index contributed by atoms with van der Waals surface area (Å²) in [6.45, 7) is 1.79. The van der Waals surface area contributed by atoms with E-state index in [0.717, 1.165) is 16.7 Å². The molecule has 0 radical (unpaired) electrons. The fraction of sp³-hybridized carbons (Fsp3) is 0.0769. The molecule has 0 aromatic heterocycles. The van der Waals surface area contributed by atoms with Crippen molar-refractivity contribution in [3.63, 3.8) is 0 Å². The summed E-state index contributed by atoms with van der Waals surface area (Å²) in [7, 11) is 0. The van der Waals surface area contributed by atoms with Crippen LogP contribution in [0.25, 0.3) is 11.1 Å². The first kappa shape index (κ1) is 11.1. The normalized spacial score (nSPS) is 10.2. The van der Waals surface area contributed by atoms with E-state index in [9.17, 15) is 15.2 Å². The smallest absolute Gasteiger partial charge is 0.270 e. The predicted molar refractivity (Wildman–Crippen MR) is 64.9 cm³/mol. The molecule has 0 saturated heterocycles. The van der Waals surface area contributed by atoms with Crippen LogP contribution < -0.4 is 0 Å². The quantitative estimate of drug-likeness (QED) is 0.634. The molecule has 2 aromatic carbocycles. The molecule has 17 heavy (non-hydrogen) atoms. The number of nitro groups is 1. The number of rotatable bonds is 2. The largest absolute Gasteiger partial charge is 0.508 e. The van der Waals surface area contributed by atoms with Gasteiger partial charge in [0.25, 0.3) is 5.69 Å². The maximum Gasteiger partial charge on any atom is 0.270 e. The highest BCUT2D eigenvalue weighted by atomic mass is 16.6. The molecule has 0 aliphatic rings. The first-order valence-electron chi connectivity index (χ1n) is 5.12. The van der Waals surface area contributed by atoms with E-state index < -0.39 is 4.92 Å². The molecule has 0 heterocycles. The van der Waals surface area contributed by atoms with Gasteiger partial charge in [-0.15, -0.1) is 0 Å². The summed E-state index contributed by atoms with van der Waals surface area (Å²) < 4.78 is 0. The summed E-state index contributed by atoms with van der Waals surface area (Å²) in [4.78, 5) is 10.3. The number of aromatic hydroxyl groups is 1. The van der Waals surface area contributed by atoms with Gasteiger partial charge in [0.1, 0.15) is 5.75 Å². The topological polar surface area (TPSA) is 63.4 Å². The average Bonchev–Trinajstić information content (AvgIpc) is 2.33. The van der Waals surface area contributed by atoms with Crippen molar-refractivity contribution in [3.8, 4) is 16.9 Å². The van der Waals surface area contributed by atoms with Gasteiger partial charge in [0, 0.05) is 12.1 Å². The highest BCUT2D eigenvalue weighted by Gasteiger charge is 2.07. The highest BCUT2D eigenvalue weighted by molar-refractivity contribution is 5.67. The molecular weight excluding hydrogens is 218 g/mol. The van der Waals surface area contributed by atoms with Gasteiger partial charge in [0.2, 0.25) is 0 Å². The molecular formula is C13H11NO3. The van der Waals surface area contributed by atoms with Crippen LogP contribution in [-0.4, -0.2) is 10.0 Å². The van der Waals surface area contributed by atoms with Crippen LogP contribution in [0, 0.1) is 17.0 Å². The lowest BCUT2D eigenvalue weighted by atomic mass is 10.0. The van der Waals surface area contributed by atoms with Crippen LogP contribution in [0.5, 0.6) is 5.75 Å². The molecule has 0 fully saturated rings. The molecule has 4 nitrogen and oxygen atoms in total. The van der Waals surface area contributed by atoms with E-state index >= 15 is 0 Å². The van der Waals surface area contributed by atoms with Crippen molar-refractivity contribution in [1.29, 1.82) is 0 Å². The van der Waals surface area contributed by atoms with Crippen LogP contribution >= 0.6 is 0 Å². The highest BCUT2D eigenvalue weighted by Crippen LogP contribution is 2.27. The Labute approximate surface area is 98.3 Å². The Bertz CT molecular complexity index is 579. The second-order valence-corrected chi connectivity index (χ2v) is 3.81. The first-order chi connectivity index (χ1) is 8.08. The van der Waals surface area contributed by atoms with Crippen molar-refractivity contribution < 1.29 is 10.0 Å². The zero-order valence-electron chi connectivity index (χ0n) is 9.25. The fourth-order valence-electron chi connectivity index (χ4n) is 1.63. The van der Waals surface area contributed by atoms with Crippen molar-refractivity contribution in [3.05, 3.63) is 58.1 Å². The second kappa shape index (κ2) is 4.25. The lowest BCUT2D eigenvalue weighted by Crippen LogP contribution is -1.88. The molecule has 0 spiro atoms. The minimum absolute atomic E-state index is 0.0632. The van der Waals surface area contributed by atoms with Crippen LogP contribution in [0.3, 0.4) is 0 Å². The second-order valence-electron chi connectivity index (χ2n) is 3.81. The number of phenolic OH excluding ortho intramolecular Hbond substituents is 1. The van der Waals surface area contributed by atoms with E-state index in [-0.39, 0.29) is 11.4 Å². The SMILES string of the molecule is Cc1cc(-c2cccc([N+](=O)[O-])c2)ccc1O. The minimum Gasteiger partial charge on any atom is -0.508 e. The van der Waals surface area contributed by atoms with Crippen molar-refractivity contribution >= 4 is 5.69 Å². The third-order valence-electron chi connectivity index (χ3n) is 2.59. The van der Waals surface area contributed by atoms with Gasteiger partial charge in [-0.2, -0.15) is 0 Å². The van der Waals surface area contributed by atoms with Gasteiger partial charge < -0.3 is 5.11 Å². The molecule has 2 aromatic rings. The molecule has 4 heteroatoms. The number of nitro benzene ring substituents is 1. The van der Waals surface area contributed by atoms with Crippen LogP contribution in [0.1, 0.15) is 5.56 Å². The van der Waals surface area contributed by atoms with E-state index in [0.29, 0.717) is 0 Å². The number of hydrogen-bond donors (Lipinski definition) is 1. The molecule has 0 aliphatic heterocycles. The zero-order chi connectivity index (χ0) is 12.4. The summed E-state index contributed by atoms with van der Waals surface area (Å²) in [6, 6.07) is 11.6.